The van der Waals surface area contributed by atoms with E-state index in [1.165, 1.54) is 0 Å². The fourth-order valence-electron chi connectivity index (χ4n) is 3.62. The van der Waals surface area contributed by atoms with Crippen molar-refractivity contribution in [1.29, 1.82) is 0 Å². The summed E-state index contributed by atoms with van der Waals surface area (Å²) >= 11 is 0. The molecule has 4 N–H and O–H groups in total. The average molecular weight is 426 g/mol. The monoisotopic (exact) mass is 426 g/mol. The molecule has 162 valence electrons. The Bertz CT molecular complexity index is 1050. The molecular formula is C22H22N2O7. The Kier molecular flexibility index (Phi) is 6.10. The molecule has 0 amide bonds. The third-order valence-electron chi connectivity index (χ3n) is 5.20. The summed E-state index contributed by atoms with van der Waals surface area (Å²) in [4.78, 5) is 10.8. The molecule has 4 rings (SSSR count). The first-order valence-electron chi connectivity index (χ1n) is 9.82. The lowest BCUT2D eigenvalue weighted by molar-refractivity contribution is -0.179. The van der Waals surface area contributed by atoms with Crippen LogP contribution in [0.15, 0.2) is 52.9 Å². The van der Waals surface area contributed by atoms with Crippen LogP contribution in [0.3, 0.4) is 0 Å². The first-order valence-corrected chi connectivity index (χ1v) is 9.82. The lowest BCUT2D eigenvalue weighted by Gasteiger charge is -2.37. The lowest BCUT2D eigenvalue weighted by atomic mass is 9.91. The number of nitrogens with zero attached hydrogens (tertiary/aromatic N) is 2. The SMILES string of the molecule is O=C(O)Cc1nnc(-c2ccc(-c3cccc(C4OC(CO)CC(O)C4O)c3)cc2)o1. The summed E-state index contributed by atoms with van der Waals surface area (Å²) in [5.41, 5.74) is 3.11. The molecule has 0 bridgehead atoms. The van der Waals surface area contributed by atoms with Crippen molar-refractivity contribution < 1.29 is 34.4 Å². The Morgan fingerprint density at radius 2 is 1.77 bits per heavy atom. The molecule has 1 aromatic heterocycles. The van der Waals surface area contributed by atoms with Crippen LogP contribution in [-0.4, -0.2) is 61.5 Å². The van der Waals surface area contributed by atoms with Gasteiger partial charge < -0.3 is 29.6 Å². The summed E-state index contributed by atoms with van der Waals surface area (Å²) in [6.45, 7) is -0.231. The molecule has 2 aromatic carbocycles. The van der Waals surface area contributed by atoms with Crippen LogP contribution in [-0.2, 0) is 16.0 Å². The van der Waals surface area contributed by atoms with Crippen LogP contribution in [0, 0.1) is 0 Å². The summed E-state index contributed by atoms with van der Waals surface area (Å²) in [5.74, 6) is -0.775. The third kappa shape index (κ3) is 4.64. The standard InChI is InChI=1S/C22H22N2O7/c25-11-16-9-17(26)20(29)21(30-16)15-3-1-2-14(8-15)12-4-6-13(7-5-12)22-24-23-18(31-22)10-19(27)28/h1-8,16-17,20-21,25-26,29H,9-11H2,(H,27,28). The highest BCUT2D eigenvalue weighted by Crippen LogP contribution is 2.34. The summed E-state index contributed by atoms with van der Waals surface area (Å²) < 4.78 is 11.1. The van der Waals surface area contributed by atoms with Gasteiger partial charge in [-0.1, -0.05) is 30.3 Å². The smallest absolute Gasteiger partial charge is 0.312 e. The molecule has 0 radical (unpaired) electrons. The van der Waals surface area contributed by atoms with E-state index in [-0.39, 0.29) is 31.2 Å². The van der Waals surface area contributed by atoms with Gasteiger partial charge in [-0.2, -0.15) is 0 Å². The van der Waals surface area contributed by atoms with Crippen molar-refractivity contribution in [3.8, 4) is 22.6 Å². The van der Waals surface area contributed by atoms with E-state index in [9.17, 15) is 20.1 Å². The topological polar surface area (TPSA) is 146 Å². The van der Waals surface area contributed by atoms with E-state index in [0.29, 0.717) is 11.1 Å². The van der Waals surface area contributed by atoms with E-state index < -0.39 is 30.4 Å². The molecule has 9 heteroatoms. The molecule has 2 heterocycles. The normalized spacial score (nSPS) is 23.6. The molecule has 0 spiro atoms. The predicted molar refractivity (Wildman–Crippen MR) is 108 cm³/mol. The molecule has 1 aliphatic heterocycles. The minimum absolute atomic E-state index is 0.0358. The molecule has 1 saturated heterocycles. The van der Waals surface area contributed by atoms with Gasteiger partial charge in [-0.3, -0.25) is 4.79 Å². The van der Waals surface area contributed by atoms with E-state index in [1.807, 2.05) is 30.3 Å². The predicted octanol–water partition coefficient (Wildman–Crippen LogP) is 1.57. The van der Waals surface area contributed by atoms with Crippen molar-refractivity contribution >= 4 is 5.97 Å². The van der Waals surface area contributed by atoms with Crippen LogP contribution in [0.5, 0.6) is 0 Å². The average Bonchev–Trinajstić information content (AvgIpc) is 3.23. The van der Waals surface area contributed by atoms with E-state index in [2.05, 4.69) is 10.2 Å². The Morgan fingerprint density at radius 3 is 2.48 bits per heavy atom. The van der Waals surface area contributed by atoms with Gasteiger partial charge in [0.1, 0.15) is 18.6 Å². The van der Waals surface area contributed by atoms with Crippen molar-refractivity contribution in [2.24, 2.45) is 0 Å². The van der Waals surface area contributed by atoms with Gasteiger partial charge in [0.2, 0.25) is 11.8 Å². The van der Waals surface area contributed by atoms with Crippen molar-refractivity contribution in [3.63, 3.8) is 0 Å². The highest BCUT2D eigenvalue weighted by molar-refractivity contribution is 5.69. The molecule has 4 atom stereocenters. The molecule has 3 aromatic rings. The van der Waals surface area contributed by atoms with Gasteiger partial charge in [0.15, 0.2) is 0 Å². The summed E-state index contributed by atoms with van der Waals surface area (Å²) in [6, 6.07) is 14.7. The molecule has 4 unspecified atom stereocenters. The number of carboxylic acids is 1. The van der Waals surface area contributed by atoms with Gasteiger partial charge in [0.25, 0.3) is 0 Å². The zero-order valence-corrected chi connectivity index (χ0v) is 16.5. The number of benzene rings is 2. The largest absolute Gasteiger partial charge is 0.481 e. The summed E-state index contributed by atoms with van der Waals surface area (Å²) in [7, 11) is 0. The molecular weight excluding hydrogens is 404 g/mol. The van der Waals surface area contributed by atoms with Crippen molar-refractivity contribution in [3.05, 3.63) is 60.0 Å². The summed E-state index contributed by atoms with van der Waals surface area (Å²) in [5, 5.41) is 46.3. The lowest BCUT2D eigenvalue weighted by Crippen LogP contribution is -2.44. The van der Waals surface area contributed by atoms with E-state index in [0.717, 1.165) is 11.1 Å². The van der Waals surface area contributed by atoms with E-state index >= 15 is 0 Å². The van der Waals surface area contributed by atoms with Crippen molar-refractivity contribution in [2.75, 3.05) is 6.61 Å². The van der Waals surface area contributed by atoms with Gasteiger partial charge in [0.05, 0.1) is 18.8 Å². The molecule has 31 heavy (non-hydrogen) atoms. The maximum atomic E-state index is 10.8. The van der Waals surface area contributed by atoms with Crippen LogP contribution < -0.4 is 0 Å². The minimum Gasteiger partial charge on any atom is -0.481 e. The number of hydrogen-bond acceptors (Lipinski definition) is 8. The molecule has 1 fully saturated rings. The van der Waals surface area contributed by atoms with Crippen LogP contribution in [0.4, 0.5) is 0 Å². The number of aliphatic hydroxyl groups excluding tert-OH is 3. The fraction of sp³-hybridized carbons (Fsp3) is 0.318. The van der Waals surface area contributed by atoms with Gasteiger partial charge in [-0.25, -0.2) is 0 Å². The van der Waals surface area contributed by atoms with Crippen LogP contribution in [0.2, 0.25) is 0 Å². The van der Waals surface area contributed by atoms with Gasteiger partial charge in [0, 0.05) is 12.0 Å². The summed E-state index contributed by atoms with van der Waals surface area (Å²) in [6.07, 6.45) is -3.49. The molecule has 0 aliphatic carbocycles. The number of carbonyl (C=O) groups is 1. The first kappa shape index (κ1) is 21.1. The number of aromatic nitrogens is 2. The number of aliphatic hydroxyl groups is 3. The number of ether oxygens (including phenoxy) is 1. The maximum Gasteiger partial charge on any atom is 0.312 e. The van der Waals surface area contributed by atoms with E-state index in [4.69, 9.17) is 14.3 Å². The maximum absolute atomic E-state index is 10.8. The number of aliphatic carboxylic acids is 1. The zero-order chi connectivity index (χ0) is 22.0. The van der Waals surface area contributed by atoms with Gasteiger partial charge >= 0.3 is 5.97 Å². The molecule has 9 nitrogen and oxygen atoms in total. The second-order valence-corrected chi connectivity index (χ2v) is 7.43. The number of carboxylic acid groups (broad SMARTS) is 1. The second-order valence-electron chi connectivity index (χ2n) is 7.43. The fourth-order valence-corrected chi connectivity index (χ4v) is 3.62. The van der Waals surface area contributed by atoms with Gasteiger partial charge in [-0.05, 0) is 34.9 Å². The third-order valence-corrected chi connectivity index (χ3v) is 5.20. The van der Waals surface area contributed by atoms with Crippen LogP contribution in [0.25, 0.3) is 22.6 Å². The number of rotatable bonds is 6. The Labute approximate surface area is 177 Å². The number of hydrogen-bond donors (Lipinski definition) is 4. The van der Waals surface area contributed by atoms with Crippen LogP contribution in [0.1, 0.15) is 24.0 Å². The minimum atomic E-state index is -1.09. The Morgan fingerprint density at radius 1 is 1.03 bits per heavy atom. The van der Waals surface area contributed by atoms with Gasteiger partial charge in [-0.15, -0.1) is 10.2 Å². The highest BCUT2D eigenvalue weighted by atomic mass is 16.5. The highest BCUT2D eigenvalue weighted by Gasteiger charge is 2.37. The second kappa shape index (κ2) is 8.94. The first-order chi connectivity index (χ1) is 14.9. The zero-order valence-electron chi connectivity index (χ0n) is 16.5. The van der Waals surface area contributed by atoms with E-state index in [1.54, 1.807) is 18.2 Å². The molecule has 0 saturated carbocycles. The van der Waals surface area contributed by atoms with Crippen LogP contribution >= 0.6 is 0 Å². The van der Waals surface area contributed by atoms with Crippen molar-refractivity contribution in [1.82, 2.24) is 10.2 Å². The Balaban J connectivity index is 1.55. The van der Waals surface area contributed by atoms with Crippen molar-refractivity contribution in [2.45, 2.75) is 37.3 Å². The molecule has 1 aliphatic rings. The quantitative estimate of drug-likeness (QED) is 0.461. The Hall–Kier alpha value is -3.11.